The number of aromatic carboxylic acids is 1. The highest BCUT2D eigenvalue weighted by Crippen LogP contribution is 2.41. The Morgan fingerprint density at radius 2 is 2.11 bits per heavy atom. The van der Waals surface area contributed by atoms with Crippen molar-refractivity contribution in [2.24, 2.45) is 11.3 Å². The smallest absolute Gasteiger partial charge is 0.345 e. The molecule has 1 amide bonds. The summed E-state index contributed by atoms with van der Waals surface area (Å²) < 4.78 is 0. The second-order valence-corrected chi connectivity index (χ2v) is 6.83. The minimum absolute atomic E-state index is 0.0108. The van der Waals surface area contributed by atoms with Crippen LogP contribution >= 0.6 is 11.3 Å². The van der Waals surface area contributed by atoms with Crippen molar-refractivity contribution >= 4 is 28.2 Å². The summed E-state index contributed by atoms with van der Waals surface area (Å²) in [6.07, 6.45) is 4.25. The molecular formula is C14H19NO3S. The lowest BCUT2D eigenvalue weighted by atomic mass is 9.68. The Labute approximate surface area is 116 Å². The first-order chi connectivity index (χ1) is 8.90. The van der Waals surface area contributed by atoms with Crippen LogP contribution in [0.3, 0.4) is 0 Å². The fourth-order valence-corrected chi connectivity index (χ4v) is 3.46. The third-order valence-corrected chi connectivity index (χ3v) is 4.88. The monoisotopic (exact) mass is 281 g/mol. The van der Waals surface area contributed by atoms with Crippen LogP contribution in [0.5, 0.6) is 0 Å². The summed E-state index contributed by atoms with van der Waals surface area (Å²) in [4.78, 5) is 23.4. The fourth-order valence-electron chi connectivity index (χ4n) is 2.71. The topological polar surface area (TPSA) is 66.4 Å². The van der Waals surface area contributed by atoms with Gasteiger partial charge in [0.1, 0.15) is 4.88 Å². The molecule has 0 radical (unpaired) electrons. The van der Waals surface area contributed by atoms with E-state index in [0.29, 0.717) is 5.00 Å². The van der Waals surface area contributed by atoms with Gasteiger partial charge in [0.2, 0.25) is 5.91 Å². The largest absolute Gasteiger partial charge is 0.477 e. The van der Waals surface area contributed by atoms with Crippen LogP contribution < -0.4 is 5.32 Å². The van der Waals surface area contributed by atoms with E-state index in [2.05, 4.69) is 19.2 Å². The molecule has 1 aromatic heterocycles. The number of carboxylic acid groups (broad SMARTS) is 1. The lowest BCUT2D eigenvalue weighted by Crippen LogP contribution is -2.37. The Morgan fingerprint density at radius 1 is 1.37 bits per heavy atom. The van der Waals surface area contributed by atoms with E-state index in [1.54, 1.807) is 6.07 Å². The van der Waals surface area contributed by atoms with Gasteiger partial charge in [-0.15, -0.1) is 11.3 Å². The molecule has 0 spiro atoms. The number of hydrogen-bond acceptors (Lipinski definition) is 3. The number of hydrogen-bond donors (Lipinski definition) is 2. The summed E-state index contributed by atoms with van der Waals surface area (Å²) in [6.45, 7) is 4.26. The van der Waals surface area contributed by atoms with Crippen molar-refractivity contribution in [3.05, 3.63) is 17.0 Å². The van der Waals surface area contributed by atoms with E-state index in [-0.39, 0.29) is 22.1 Å². The molecule has 1 saturated carbocycles. The SMILES string of the molecule is CC1(C)CCCCC1C(=O)Nc1ccc(C(=O)O)s1. The number of rotatable bonds is 3. The van der Waals surface area contributed by atoms with Crippen molar-refractivity contribution in [2.45, 2.75) is 39.5 Å². The van der Waals surface area contributed by atoms with Gasteiger partial charge in [-0.1, -0.05) is 26.7 Å². The van der Waals surface area contributed by atoms with Crippen LogP contribution in [0.2, 0.25) is 0 Å². The Hall–Kier alpha value is -1.36. The van der Waals surface area contributed by atoms with Crippen molar-refractivity contribution < 1.29 is 14.7 Å². The van der Waals surface area contributed by atoms with Crippen molar-refractivity contribution in [3.8, 4) is 0 Å². The van der Waals surface area contributed by atoms with Gasteiger partial charge in [-0.2, -0.15) is 0 Å². The highest BCUT2D eigenvalue weighted by atomic mass is 32.1. The zero-order valence-corrected chi connectivity index (χ0v) is 12.0. The molecule has 4 nitrogen and oxygen atoms in total. The van der Waals surface area contributed by atoms with Crippen LogP contribution in [-0.2, 0) is 4.79 Å². The number of thiophene rings is 1. The molecule has 0 bridgehead atoms. The van der Waals surface area contributed by atoms with Crippen molar-refractivity contribution in [2.75, 3.05) is 5.32 Å². The normalized spacial score (nSPS) is 21.9. The van der Waals surface area contributed by atoms with Gasteiger partial charge in [0, 0.05) is 5.92 Å². The zero-order chi connectivity index (χ0) is 14.0. The van der Waals surface area contributed by atoms with Gasteiger partial charge in [-0.05, 0) is 30.4 Å². The molecule has 0 saturated heterocycles. The van der Waals surface area contributed by atoms with E-state index < -0.39 is 5.97 Å². The molecule has 1 aromatic rings. The van der Waals surface area contributed by atoms with Crippen molar-refractivity contribution in [3.63, 3.8) is 0 Å². The first-order valence-corrected chi connectivity index (χ1v) is 7.36. The van der Waals surface area contributed by atoms with E-state index in [1.165, 1.54) is 12.5 Å². The molecule has 2 rings (SSSR count). The second kappa shape index (κ2) is 5.33. The maximum absolute atomic E-state index is 12.3. The molecule has 1 atom stereocenters. The third kappa shape index (κ3) is 3.15. The highest BCUT2D eigenvalue weighted by molar-refractivity contribution is 7.18. The van der Waals surface area contributed by atoms with E-state index >= 15 is 0 Å². The Morgan fingerprint density at radius 3 is 2.68 bits per heavy atom. The van der Waals surface area contributed by atoms with E-state index in [9.17, 15) is 9.59 Å². The summed E-state index contributed by atoms with van der Waals surface area (Å²) in [5.74, 6) is -0.927. The number of nitrogens with one attached hydrogen (secondary N) is 1. The summed E-state index contributed by atoms with van der Waals surface area (Å²) in [5.41, 5.74) is 0.0230. The molecule has 0 aromatic carbocycles. The predicted octanol–water partition coefficient (Wildman–Crippen LogP) is 3.60. The number of carboxylic acids is 1. The van der Waals surface area contributed by atoms with Gasteiger partial charge < -0.3 is 10.4 Å². The average molecular weight is 281 g/mol. The molecule has 1 fully saturated rings. The number of amides is 1. The molecule has 104 valence electrons. The minimum Gasteiger partial charge on any atom is -0.477 e. The Balaban J connectivity index is 2.05. The van der Waals surface area contributed by atoms with Crippen LogP contribution in [0.15, 0.2) is 12.1 Å². The fraction of sp³-hybridized carbons (Fsp3) is 0.571. The molecule has 5 heteroatoms. The molecule has 0 aliphatic heterocycles. The predicted molar refractivity (Wildman–Crippen MR) is 75.6 cm³/mol. The van der Waals surface area contributed by atoms with Gasteiger partial charge in [0.05, 0.1) is 5.00 Å². The second-order valence-electron chi connectivity index (χ2n) is 5.75. The Kier molecular flexibility index (Phi) is 3.94. The number of carbonyl (C=O) groups excluding carboxylic acids is 1. The number of carbonyl (C=O) groups is 2. The van der Waals surface area contributed by atoms with Crippen molar-refractivity contribution in [1.29, 1.82) is 0 Å². The first kappa shape index (κ1) is 14.1. The summed E-state index contributed by atoms with van der Waals surface area (Å²) in [6, 6.07) is 3.18. The summed E-state index contributed by atoms with van der Waals surface area (Å²) in [5, 5.41) is 12.3. The molecular weight excluding hydrogens is 262 g/mol. The lowest BCUT2D eigenvalue weighted by molar-refractivity contribution is -0.124. The van der Waals surface area contributed by atoms with Crippen LogP contribution in [-0.4, -0.2) is 17.0 Å². The summed E-state index contributed by atoms with van der Waals surface area (Å²) >= 11 is 1.10. The third-order valence-electron chi connectivity index (χ3n) is 3.89. The summed E-state index contributed by atoms with van der Waals surface area (Å²) in [7, 11) is 0. The molecule has 1 aliphatic rings. The van der Waals surface area contributed by atoms with E-state index in [1.807, 2.05) is 0 Å². The molecule has 1 aliphatic carbocycles. The molecule has 1 heterocycles. The standard InChI is InChI=1S/C14H19NO3S/c1-14(2)8-4-3-5-9(14)12(16)15-11-7-6-10(19-11)13(17)18/h6-7,9H,3-5,8H2,1-2H3,(H,15,16)(H,17,18). The number of anilines is 1. The Bertz CT molecular complexity index is 493. The van der Waals surface area contributed by atoms with E-state index in [4.69, 9.17) is 5.11 Å². The van der Waals surface area contributed by atoms with Crippen LogP contribution in [0, 0.1) is 11.3 Å². The van der Waals surface area contributed by atoms with Crippen LogP contribution in [0.1, 0.15) is 49.2 Å². The highest BCUT2D eigenvalue weighted by Gasteiger charge is 2.37. The molecule has 1 unspecified atom stereocenters. The lowest BCUT2D eigenvalue weighted by Gasteiger charge is -2.37. The maximum atomic E-state index is 12.3. The first-order valence-electron chi connectivity index (χ1n) is 6.54. The average Bonchev–Trinajstić information content (AvgIpc) is 2.76. The van der Waals surface area contributed by atoms with Crippen LogP contribution in [0.4, 0.5) is 5.00 Å². The van der Waals surface area contributed by atoms with E-state index in [0.717, 1.165) is 30.6 Å². The molecule has 19 heavy (non-hydrogen) atoms. The van der Waals surface area contributed by atoms with Crippen molar-refractivity contribution in [1.82, 2.24) is 0 Å². The quantitative estimate of drug-likeness (QED) is 0.889. The van der Waals surface area contributed by atoms with Gasteiger partial charge in [0.25, 0.3) is 0 Å². The zero-order valence-electron chi connectivity index (χ0n) is 11.2. The maximum Gasteiger partial charge on any atom is 0.345 e. The van der Waals surface area contributed by atoms with Gasteiger partial charge in [0.15, 0.2) is 0 Å². The van der Waals surface area contributed by atoms with Gasteiger partial charge in [-0.3, -0.25) is 4.79 Å². The molecule has 2 N–H and O–H groups in total. The van der Waals surface area contributed by atoms with Gasteiger partial charge in [-0.25, -0.2) is 4.79 Å². The van der Waals surface area contributed by atoms with Crippen LogP contribution in [0.25, 0.3) is 0 Å². The minimum atomic E-state index is -0.955. The van der Waals surface area contributed by atoms with Gasteiger partial charge >= 0.3 is 5.97 Å².